The second-order valence-electron chi connectivity index (χ2n) is 12.1. The SMILES string of the molecule is C[Si](C)=[Hf+2].Cc1cc2c(-c3cccc4ccccc34)cccc2[cH-]1.Cc1cc2c(N3CCCc4ccccc43)cccc2[cH-]1.[Cl-].[Cl-]. The molecule has 8 rings (SSSR count). The van der Waals surface area contributed by atoms with E-state index in [0.29, 0.717) is 0 Å². The Hall–Kier alpha value is -2.95. The first-order chi connectivity index (χ1) is 21.4. The van der Waals surface area contributed by atoms with Gasteiger partial charge in [-0.15, -0.1) is 69.1 Å². The fourth-order valence-corrected chi connectivity index (χ4v) is 6.47. The average molecular weight is 823 g/mol. The molecular formula is C41H39Cl2HfNSi-2. The van der Waals surface area contributed by atoms with Gasteiger partial charge < -0.3 is 29.7 Å². The Morgan fingerprint density at radius 3 is 1.87 bits per heavy atom. The molecule has 7 aromatic rings. The first-order valence-electron chi connectivity index (χ1n) is 15.6. The molecule has 0 spiro atoms. The Morgan fingerprint density at radius 2 is 1.13 bits per heavy atom. The van der Waals surface area contributed by atoms with Gasteiger partial charge in [-0.3, -0.25) is 0 Å². The van der Waals surface area contributed by atoms with E-state index in [1.807, 2.05) is 0 Å². The number of aryl methyl sites for hydroxylation is 3. The van der Waals surface area contributed by atoms with Crippen molar-refractivity contribution in [1.82, 2.24) is 0 Å². The fourth-order valence-electron chi connectivity index (χ4n) is 6.47. The van der Waals surface area contributed by atoms with Crippen LogP contribution in [0.3, 0.4) is 0 Å². The maximum Gasteiger partial charge on any atom is 0.0436 e. The number of nitrogens with zero attached hydrogens (tertiary/aromatic N) is 1. The Balaban J connectivity index is 0.000000180. The molecule has 0 saturated heterocycles. The van der Waals surface area contributed by atoms with E-state index in [2.05, 4.69) is 159 Å². The van der Waals surface area contributed by atoms with Crippen LogP contribution in [0.4, 0.5) is 11.4 Å². The molecule has 1 aliphatic heterocycles. The van der Waals surface area contributed by atoms with E-state index < -0.39 is 0 Å². The Bertz CT molecular complexity index is 2080. The molecule has 0 N–H and O–H groups in total. The van der Waals surface area contributed by atoms with E-state index in [9.17, 15) is 0 Å². The molecule has 7 aromatic carbocycles. The molecule has 0 unspecified atom stereocenters. The quantitative estimate of drug-likeness (QED) is 0.166. The molecule has 0 aromatic heterocycles. The summed E-state index contributed by atoms with van der Waals surface area (Å²) in [7, 11) is 0. The van der Waals surface area contributed by atoms with Crippen molar-refractivity contribution >= 4 is 49.2 Å². The summed E-state index contributed by atoms with van der Waals surface area (Å²) in [5, 5.41) is 8.02. The summed E-state index contributed by atoms with van der Waals surface area (Å²) in [5.41, 5.74) is 9.78. The molecule has 1 aliphatic rings. The Labute approximate surface area is 301 Å². The Morgan fingerprint density at radius 1 is 0.609 bits per heavy atom. The second-order valence-corrected chi connectivity index (χ2v) is 24.8. The van der Waals surface area contributed by atoms with Gasteiger partial charge in [0.25, 0.3) is 0 Å². The van der Waals surface area contributed by atoms with E-state index >= 15 is 0 Å². The number of hydrogen-bond donors (Lipinski definition) is 0. The summed E-state index contributed by atoms with van der Waals surface area (Å²) < 4.78 is 0. The monoisotopic (exact) mass is 823 g/mol. The summed E-state index contributed by atoms with van der Waals surface area (Å²) in [5.74, 6) is 0. The summed E-state index contributed by atoms with van der Waals surface area (Å²) >= 11 is 1.45. The van der Waals surface area contributed by atoms with Gasteiger partial charge in [-0.2, -0.15) is 12.1 Å². The van der Waals surface area contributed by atoms with Crippen molar-refractivity contribution in [3.8, 4) is 11.1 Å². The molecule has 0 bridgehead atoms. The van der Waals surface area contributed by atoms with E-state index in [1.54, 1.807) is 0 Å². The molecule has 0 atom stereocenters. The van der Waals surface area contributed by atoms with Gasteiger partial charge >= 0.3 is 41.6 Å². The molecule has 0 amide bonds. The van der Waals surface area contributed by atoms with Crippen LogP contribution in [0.1, 0.15) is 23.1 Å². The minimum Gasteiger partial charge on any atom is -1.00 e. The van der Waals surface area contributed by atoms with Crippen LogP contribution < -0.4 is 29.7 Å². The van der Waals surface area contributed by atoms with Crippen molar-refractivity contribution in [3.05, 3.63) is 144 Å². The van der Waals surface area contributed by atoms with Gasteiger partial charge in [-0.25, -0.2) is 0 Å². The van der Waals surface area contributed by atoms with E-state index in [-0.39, 0.29) is 30.3 Å². The van der Waals surface area contributed by atoms with Crippen LogP contribution in [-0.2, 0) is 29.4 Å². The smallest absolute Gasteiger partial charge is 0.0436 e. The van der Waals surface area contributed by atoms with Gasteiger partial charge in [0, 0.05) is 12.2 Å². The van der Waals surface area contributed by atoms with Crippen LogP contribution in [-0.4, -0.2) is 12.0 Å². The van der Waals surface area contributed by atoms with Gasteiger partial charge in [-0.1, -0.05) is 92.2 Å². The van der Waals surface area contributed by atoms with Crippen LogP contribution in [0, 0.1) is 13.8 Å². The fraction of sp³-hybridized carbons (Fsp3) is 0.171. The van der Waals surface area contributed by atoms with Crippen LogP contribution in [0.25, 0.3) is 43.4 Å². The van der Waals surface area contributed by atoms with Crippen molar-refractivity contribution < 1.29 is 47.8 Å². The number of halogens is 2. The largest absolute Gasteiger partial charge is 1.00 e. The third-order valence-corrected chi connectivity index (χ3v) is 8.25. The number of anilines is 2. The zero-order valence-electron chi connectivity index (χ0n) is 26.9. The molecule has 1 heterocycles. The maximum atomic E-state index is 2.49. The number of hydrogen-bond acceptors (Lipinski definition) is 1. The minimum absolute atomic E-state index is 0. The number of fused-ring (bicyclic) bond motifs is 4. The van der Waals surface area contributed by atoms with Crippen LogP contribution in [0.15, 0.2) is 127 Å². The van der Waals surface area contributed by atoms with Crippen LogP contribution in [0.5, 0.6) is 0 Å². The third-order valence-electron chi connectivity index (χ3n) is 8.25. The molecule has 0 radical (unpaired) electrons. The van der Waals surface area contributed by atoms with Gasteiger partial charge in [0.05, 0.1) is 0 Å². The van der Waals surface area contributed by atoms with Gasteiger partial charge in [0.15, 0.2) is 0 Å². The van der Waals surface area contributed by atoms with Crippen molar-refractivity contribution in [2.24, 2.45) is 0 Å². The molecule has 1 nitrogen and oxygen atoms in total. The van der Waals surface area contributed by atoms with Crippen molar-refractivity contribution in [2.75, 3.05) is 11.4 Å². The maximum absolute atomic E-state index is 2.49. The summed E-state index contributed by atoms with van der Waals surface area (Å²) in [6.07, 6.45) is 2.43. The minimum atomic E-state index is 0. The number of benzene rings is 5. The summed E-state index contributed by atoms with van der Waals surface area (Å²) in [6, 6.07) is 46.3. The van der Waals surface area contributed by atoms with Gasteiger partial charge in [-0.05, 0) is 46.5 Å². The van der Waals surface area contributed by atoms with Crippen LogP contribution >= 0.6 is 0 Å². The molecular weight excluding hydrogens is 784 g/mol. The van der Waals surface area contributed by atoms with Gasteiger partial charge in [0.1, 0.15) is 0 Å². The van der Waals surface area contributed by atoms with Crippen LogP contribution in [0.2, 0.25) is 13.1 Å². The number of para-hydroxylation sites is 1. The molecule has 0 fully saturated rings. The molecule has 46 heavy (non-hydrogen) atoms. The first kappa shape index (κ1) is 35.9. The van der Waals surface area contributed by atoms with E-state index in [1.165, 1.54) is 107 Å². The van der Waals surface area contributed by atoms with E-state index in [0.717, 1.165) is 6.54 Å². The zero-order valence-corrected chi connectivity index (χ0v) is 33.1. The normalized spacial score (nSPS) is 11.8. The van der Waals surface area contributed by atoms with E-state index in [4.69, 9.17) is 0 Å². The molecule has 5 heteroatoms. The summed E-state index contributed by atoms with van der Waals surface area (Å²) in [6.45, 7) is 10.1. The Kier molecular flexibility index (Phi) is 12.7. The molecule has 0 saturated carbocycles. The average Bonchev–Trinajstić information content (AvgIpc) is 3.61. The second kappa shape index (κ2) is 16.2. The molecule has 0 aliphatic carbocycles. The van der Waals surface area contributed by atoms with Crippen molar-refractivity contribution in [1.29, 1.82) is 0 Å². The topological polar surface area (TPSA) is 3.24 Å². The van der Waals surface area contributed by atoms with Crippen molar-refractivity contribution in [2.45, 2.75) is 39.8 Å². The third kappa shape index (κ3) is 7.94. The number of rotatable bonds is 2. The predicted octanol–water partition coefficient (Wildman–Crippen LogP) is 5.43. The van der Waals surface area contributed by atoms with Gasteiger partial charge in [0.2, 0.25) is 0 Å². The summed E-state index contributed by atoms with van der Waals surface area (Å²) in [4.78, 5) is 2.49. The predicted molar refractivity (Wildman–Crippen MR) is 191 cm³/mol. The first-order valence-corrected chi connectivity index (χ1v) is 23.5. The van der Waals surface area contributed by atoms with Crippen molar-refractivity contribution in [3.63, 3.8) is 0 Å². The molecule has 232 valence electrons. The standard InChI is InChI=1S/C20H15.C19H18N.C2H6Si.2ClH.Hf/c1-14-12-16-8-5-11-19(20(16)13-14)18-10-4-7-15-6-2-3-9-17(15)18;1-14-12-16-7-4-10-19(17(16)13-14)20-11-5-8-15-6-2-3-9-18(15)20;1-3-2;;;/h2-13H,1H3;2-4,6-7,9-10,12-13H,5,8,11H2,1H3;1-2H3;2*1H;/q2*-1;;;;+2/p-2. The zero-order chi connectivity index (χ0) is 30.6.